The van der Waals surface area contributed by atoms with Crippen LogP contribution in [0, 0.1) is 0 Å². The SMILES string of the molecule is CCOC(=O)CNC(=O)CCc1ccc(-c2ccc(Cl)cc2)n1-c1ccc(OC)cc1. The first-order valence-electron chi connectivity index (χ1n) is 10.0. The van der Waals surface area contributed by atoms with Crippen molar-refractivity contribution < 1.29 is 19.1 Å². The highest BCUT2D eigenvalue weighted by molar-refractivity contribution is 6.30. The fourth-order valence-electron chi connectivity index (χ4n) is 3.27. The van der Waals surface area contributed by atoms with Crippen LogP contribution >= 0.6 is 11.6 Å². The predicted molar refractivity (Wildman–Crippen MR) is 121 cm³/mol. The predicted octanol–water partition coefficient (Wildman–Crippen LogP) is 4.42. The maximum absolute atomic E-state index is 12.2. The van der Waals surface area contributed by atoms with Gasteiger partial charge in [-0.1, -0.05) is 23.7 Å². The van der Waals surface area contributed by atoms with Crippen LogP contribution in [0.25, 0.3) is 16.9 Å². The second kappa shape index (κ2) is 10.7. The first-order valence-corrected chi connectivity index (χ1v) is 10.4. The Hall–Kier alpha value is -3.25. The zero-order chi connectivity index (χ0) is 22.2. The Bertz CT molecular complexity index is 1030. The maximum Gasteiger partial charge on any atom is 0.325 e. The minimum atomic E-state index is -0.442. The van der Waals surface area contributed by atoms with Gasteiger partial charge in [0.2, 0.25) is 5.91 Å². The van der Waals surface area contributed by atoms with E-state index in [0.29, 0.717) is 11.4 Å². The number of carbonyl (C=O) groups excluding carboxylic acids is 2. The summed E-state index contributed by atoms with van der Waals surface area (Å²) in [5.74, 6) is 0.120. The van der Waals surface area contributed by atoms with E-state index in [-0.39, 0.29) is 25.5 Å². The van der Waals surface area contributed by atoms with Crippen molar-refractivity contribution in [1.29, 1.82) is 0 Å². The van der Waals surface area contributed by atoms with Gasteiger partial charge in [0.25, 0.3) is 0 Å². The summed E-state index contributed by atoms with van der Waals surface area (Å²) in [7, 11) is 1.63. The molecule has 0 saturated carbocycles. The minimum Gasteiger partial charge on any atom is -0.497 e. The molecule has 0 atom stereocenters. The fourth-order valence-corrected chi connectivity index (χ4v) is 3.39. The number of hydrogen-bond donors (Lipinski definition) is 1. The highest BCUT2D eigenvalue weighted by Gasteiger charge is 2.14. The van der Waals surface area contributed by atoms with Gasteiger partial charge in [-0.2, -0.15) is 0 Å². The maximum atomic E-state index is 12.2. The number of ether oxygens (including phenoxy) is 2. The molecule has 1 N–H and O–H groups in total. The Kier molecular flexibility index (Phi) is 7.73. The molecule has 6 nitrogen and oxygen atoms in total. The fraction of sp³-hybridized carbons (Fsp3) is 0.250. The van der Waals surface area contributed by atoms with Crippen molar-refractivity contribution in [3.05, 3.63) is 71.4 Å². The molecule has 31 heavy (non-hydrogen) atoms. The third-order valence-electron chi connectivity index (χ3n) is 4.78. The van der Waals surface area contributed by atoms with Crippen LogP contribution in [-0.2, 0) is 20.7 Å². The van der Waals surface area contributed by atoms with Crippen LogP contribution in [0.15, 0.2) is 60.7 Å². The van der Waals surface area contributed by atoms with Crippen molar-refractivity contribution in [2.75, 3.05) is 20.3 Å². The van der Waals surface area contributed by atoms with Crippen molar-refractivity contribution in [2.45, 2.75) is 19.8 Å². The summed E-state index contributed by atoms with van der Waals surface area (Å²) < 4.78 is 12.2. The molecular weight excluding hydrogens is 416 g/mol. The van der Waals surface area contributed by atoms with Gasteiger partial charge in [0, 0.05) is 22.8 Å². The van der Waals surface area contributed by atoms with Crippen LogP contribution in [0.2, 0.25) is 5.02 Å². The van der Waals surface area contributed by atoms with Gasteiger partial charge in [0.05, 0.1) is 19.4 Å². The zero-order valence-corrected chi connectivity index (χ0v) is 18.3. The molecule has 0 aliphatic heterocycles. The van der Waals surface area contributed by atoms with Crippen molar-refractivity contribution in [3.63, 3.8) is 0 Å². The number of esters is 1. The molecule has 0 fully saturated rings. The van der Waals surface area contributed by atoms with Crippen molar-refractivity contribution in [3.8, 4) is 22.7 Å². The molecule has 0 aliphatic carbocycles. The molecule has 7 heteroatoms. The first kappa shape index (κ1) is 22.4. The number of rotatable bonds is 9. The molecule has 3 rings (SSSR count). The van der Waals surface area contributed by atoms with E-state index in [1.54, 1.807) is 14.0 Å². The lowest BCUT2D eigenvalue weighted by Crippen LogP contribution is -2.30. The molecule has 1 heterocycles. The quantitative estimate of drug-likeness (QED) is 0.500. The van der Waals surface area contributed by atoms with E-state index in [1.807, 2.05) is 60.7 Å². The summed E-state index contributed by atoms with van der Waals surface area (Å²) >= 11 is 6.05. The standard InChI is InChI=1S/C24H25ClN2O4/c1-3-31-24(29)16-26-23(28)15-11-20-10-14-22(17-4-6-18(25)7-5-17)27(20)19-8-12-21(30-2)13-9-19/h4-10,12-14H,3,11,15-16H2,1-2H3,(H,26,28). The lowest BCUT2D eigenvalue weighted by atomic mass is 10.1. The normalized spacial score (nSPS) is 10.5. The third-order valence-corrected chi connectivity index (χ3v) is 5.03. The monoisotopic (exact) mass is 440 g/mol. The number of carbonyl (C=O) groups is 2. The Labute approximate surface area is 186 Å². The van der Waals surface area contributed by atoms with Gasteiger partial charge in [-0.25, -0.2) is 0 Å². The number of aromatic nitrogens is 1. The Balaban J connectivity index is 1.83. The molecule has 0 saturated heterocycles. The second-order valence-electron chi connectivity index (χ2n) is 6.83. The van der Waals surface area contributed by atoms with Crippen LogP contribution in [0.1, 0.15) is 19.0 Å². The Morgan fingerprint density at radius 3 is 2.35 bits per heavy atom. The van der Waals surface area contributed by atoms with E-state index >= 15 is 0 Å². The van der Waals surface area contributed by atoms with E-state index in [4.69, 9.17) is 21.1 Å². The van der Waals surface area contributed by atoms with Gasteiger partial charge < -0.3 is 19.4 Å². The van der Waals surface area contributed by atoms with E-state index in [0.717, 1.165) is 28.4 Å². The number of nitrogens with zero attached hydrogens (tertiary/aromatic N) is 1. The average molecular weight is 441 g/mol. The number of amides is 1. The molecule has 0 aliphatic rings. The van der Waals surface area contributed by atoms with E-state index in [9.17, 15) is 9.59 Å². The molecule has 0 spiro atoms. The van der Waals surface area contributed by atoms with Crippen LogP contribution < -0.4 is 10.1 Å². The summed E-state index contributed by atoms with van der Waals surface area (Å²) in [4.78, 5) is 23.6. The lowest BCUT2D eigenvalue weighted by Gasteiger charge is -2.15. The average Bonchev–Trinajstić information content (AvgIpc) is 3.21. The number of benzene rings is 2. The van der Waals surface area contributed by atoms with Crippen LogP contribution in [-0.4, -0.2) is 36.7 Å². The van der Waals surface area contributed by atoms with Crippen LogP contribution in [0.5, 0.6) is 5.75 Å². The summed E-state index contributed by atoms with van der Waals surface area (Å²) in [6, 6.07) is 19.4. The van der Waals surface area contributed by atoms with Gasteiger partial charge in [-0.05, 0) is 67.4 Å². The molecule has 3 aromatic rings. The highest BCUT2D eigenvalue weighted by atomic mass is 35.5. The largest absolute Gasteiger partial charge is 0.497 e. The number of halogens is 1. The molecule has 0 radical (unpaired) electrons. The van der Waals surface area contributed by atoms with E-state index in [2.05, 4.69) is 9.88 Å². The zero-order valence-electron chi connectivity index (χ0n) is 17.6. The lowest BCUT2D eigenvalue weighted by molar-refractivity contribution is -0.143. The van der Waals surface area contributed by atoms with Crippen molar-refractivity contribution in [2.24, 2.45) is 0 Å². The molecule has 1 aromatic heterocycles. The van der Waals surface area contributed by atoms with Crippen LogP contribution in [0.4, 0.5) is 0 Å². The van der Waals surface area contributed by atoms with Gasteiger partial charge in [0.15, 0.2) is 0 Å². The molecule has 162 valence electrons. The van der Waals surface area contributed by atoms with Gasteiger partial charge in [0.1, 0.15) is 12.3 Å². The number of hydrogen-bond acceptors (Lipinski definition) is 4. The molecule has 2 aromatic carbocycles. The highest BCUT2D eigenvalue weighted by Crippen LogP contribution is 2.29. The summed E-state index contributed by atoms with van der Waals surface area (Å²) in [6.45, 7) is 1.89. The number of methoxy groups -OCH3 is 1. The van der Waals surface area contributed by atoms with Gasteiger partial charge in [-0.3, -0.25) is 9.59 Å². The smallest absolute Gasteiger partial charge is 0.325 e. The van der Waals surface area contributed by atoms with E-state index < -0.39 is 5.97 Å². The van der Waals surface area contributed by atoms with Gasteiger partial charge >= 0.3 is 5.97 Å². The molecule has 0 unspecified atom stereocenters. The summed E-state index contributed by atoms with van der Waals surface area (Å²) in [5, 5.41) is 3.27. The van der Waals surface area contributed by atoms with Gasteiger partial charge in [-0.15, -0.1) is 0 Å². The van der Waals surface area contributed by atoms with E-state index in [1.165, 1.54) is 0 Å². The Morgan fingerprint density at radius 2 is 1.71 bits per heavy atom. The minimum absolute atomic E-state index is 0.123. The molecule has 1 amide bonds. The van der Waals surface area contributed by atoms with Crippen LogP contribution in [0.3, 0.4) is 0 Å². The van der Waals surface area contributed by atoms with Crippen molar-refractivity contribution in [1.82, 2.24) is 9.88 Å². The Morgan fingerprint density at radius 1 is 1.00 bits per heavy atom. The number of aryl methyl sites for hydroxylation is 1. The van der Waals surface area contributed by atoms with Crippen molar-refractivity contribution >= 4 is 23.5 Å². The number of nitrogens with one attached hydrogen (secondary N) is 1. The summed E-state index contributed by atoms with van der Waals surface area (Å²) in [6.07, 6.45) is 0.758. The summed E-state index contributed by atoms with van der Waals surface area (Å²) in [5.41, 5.74) is 3.93. The molecule has 0 bridgehead atoms. The topological polar surface area (TPSA) is 69.6 Å². The molecular formula is C24H25ClN2O4. The first-order chi connectivity index (χ1) is 15.0. The third kappa shape index (κ3) is 5.89. The second-order valence-corrected chi connectivity index (χ2v) is 7.27.